The van der Waals surface area contributed by atoms with Crippen LogP contribution < -0.4 is 0 Å². The highest BCUT2D eigenvalue weighted by Crippen LogP contribution is 2.40. The third kappa shape index (κ3) is 2.89. The van der Waals surface area contributed by atoms with Crippen LogP contribution in [0.4, 0.5) is 0 Å². The van der Waals surface area contributed by atoms with Crippen LogP contribution in [-0.2, 0) is 0 Å². The van der Waals surface area contributed by atoms with Crippen LogP contribution in [0.5, 0.6) is 0 Å². The van der Waals surface area contributed by atoms with Crippen molar-refractivity contribution < 1.29 is 0 Å². The zero-order chi connectivity index (χ0) is 12.2. The maximum atomic E-state index is 3.25. The Kier molecular flexibility index (Phi) is 3.89. The summed E-state index contributed by atoms with van der Waals surface area (Å²) in [6.45, 7) is 0. The van der Waals surface area contributed by atoms with Crippen molar-refractivity contribution in [2.24, 2.45) is 17.8 Å². The molecule has 3 unspecified atom stereocenters. The summed E-state index contributed by atoms with van der Waals surface area (Å²) in [6, 6.07) is 0. The summed E-state index contributed by atoms with van der Waals surface area (Å²) in [7, 11) is 0. The van der Waals surface area contributed by atoms with Gasteiger partial charge in [0.15, 0.2) is 0 Å². The summed E-state index contributed by atoms with van der Waals surface area (Å²) in [5, 5.41) is 0. The predicted molar refractivity (Wildman–Crippen MR) is 77.0 cm³/mol. The van der Waals surface area contributed by atoms with E-state index in [1.54, 1.807) is 5.57 Å². The van der Waals surface area contributed by atoms with Crippen molar-refractivity contribution in [1.29, 1.82) is 0 Å². The van der Waals surface area contributed by atoms with Gasteiger partial charge in [0.1, 0.15) is 0 Å². The predicted octanol–water partition coefficient (Wildman–Crippen LogP) is 4.87. The second-order valence-electron chi connectivity index (χ2n) is 6.26. The summed E-state index contributed by atoms with van der Waals surface area (Å²) in [5.74, 6) is 9.05. The molecule has 3 rings (SSSR count). The van der Waals surface area contributed by atoms with Crippen LogP contribution >= 0.6 is 0 Å². The summed E-state index contributed by atoms with van der Waals surface area (Å²) in [6.07, 6.45) is 19.5. The Hall–Kier alpha value is -0.960. The van der Waals surface area contributed by atoms with Gasteiger partial charge >= 0.3 is 0 Å². The SMILES string of the molecule is C1#CC(CCCCCC2CCC(C3=CC=C3)C2)C1. The molecule has 96 valence electrons. The molecule has 3 aliphatic carbocycles. The summed E-state index contributed by atoms with van der Waals surface area (Å²) in [4.78, 5) is 0. The molecule has 1 fully saturated rings. The zero-order valence-corrected chi connectivity index (χ0v) is 11.3. The molecule has 0 aromatic carbocycles. The monoisotopic (exact) mass is 240 g/mol. The lowest BCUT2D eigenvalue weighted by Crippen LogP contribution is -2.03. The second-order valence-corrected chi connectivity index (χ2v) is 6.26. The van der Waals surface area contributed by atoms with E-state index in [0.717, 1.165) is 17.8 Å². The van der Waals surface area contributed by atoms with E-state index in [2.05, 4.69) is 30.1 Å². The molecule has 1 saturated carbocycles. The van der Waals surface area contributed by atoms with Gasteiger partial charge in [0, 0.05) is 12.3 Å². The molecule has 0 nitrogen and oxygen atoms in total. The molecule has 0 aromatic rings. The molecule has 0 spiro atoms. The second kappa shape index (κ2) is 5.79. The first kappa shape index (κ1) is 12.1. The van der Waals surface area contributed by atoms with Gasteiger partial charge in [0.2, 0.25) is 0 Å². The minimum absolute atomic E-state index is 0.762. The van der Waals surface area contributed by atoms with E-state index in [9.17, 15) is 0 Å². The standard InChI is InChI=1S/C18H24/c1(2-6-15-8-4-9-15)3-7-16-12-13-18(14-16)17-10-5-11-17/h5,10-11,15-16,18H,1-3,6-8,12-14H2. The highest BCUT2D eigenvalue weighted by Gasteiger charge is 2.26. The summed E-state index contributed by atoms with van der Waals surface area (Å²) < 4.78 is 0. The number of allylic oxidation sites excluding steroid dienone is 4. The Labute approximate surface area is 112 Å². The molecular weight excluding hydrogens is 216 g/mol. The van der Waals surface area contributed by atoms with Gasteiger partial charge in [-0.1, -0.05) is 49.8 Å². The number of unbranched alkanes of at least 4 members (excludes halogenated alkanes) is 2. The smallest absolute Gasteiger partial charge is 0.0312 e. The maximum Gasteiger partial charge on any atom is 0.0312 e. The van der Waals surface area contributed by atoms with Crippen molar-refractivity contribution in [2.75, 3.05) is 0 Å². The van der Waals surface area contributed by atoms with Gasteiger partial charge in [-0.3, -0.25) is 0 Å². The molecule has 0 heteroatoms. The van der Waals surface area contributed by atoms with E-state index in [0.29, 0.717) is 0 Å². The van der Waals surface area contributed by atoms with Gasteiger partial charge in [0.25, 0.3) is 0 Å². The molecule has 3 atom stereocenters. The largest absolute Gasteiger partial charge is 0.102 e. The fraction of sp³-hybridized carbons (Fsp3) is 0.667. The minimum Gasteiger partial charge on any atom is -0.102 e. The van der Waals surface area contributed by atoms with E-state index in [-0.39, 0.29) is 0 Å². The average molecular weight is 240 g/mol. The minimum atomic E-state index is 0.762. The van der Waals surface area contributed by atoms with Crippen molar-refractivity contribution in [2.45, 2.75) is 57.8 Å². The Morgan fingerprint density at radius 2 is 1.94 bits per heavy atom. The molecule has 0 radical (unpaired) electrons. The zero-order valence-electron chi connectivity index (χ0n) is 11.3. The average Bonchev–Trinajstić information content (AvgIpc) is 2.66. The Morgan fingerprint density at radius 1 is 1.11 bits per heavy atom. The van der Waals surface area contributed by atoms with E-state index < -0.39 is 0 Å². The van der Waals surface area contributed by atoms with Crippen LogP contribution in [0.25, 0.3) is 0 Å². The lowest BCUT2D eigenvalue weighted by molar-refractivity contribution is 0.444. The van der Waals surface area contributed by atoms with Crippen LogP contribution in [-0.4, -0.2) is 0 Å². The highest BCUT2D eigenvalue weighted by atomic mass is 14.3. The van der Waals surface area contributed by atoms with Gasteiger partial charge in [0.05, 0.1) is 0 Å². The first-order valence-electron chi connectivity index (χ1n) is 7.78. The van der Waals surface area contributed by atoms with E-state index in [4.69, 9.17) is 0 Å². The van der Waals surface area contributed by atoms with Gasteiger partial charge in [-0.15, -0.1) is 5.92 Å². The van der Waals surface area contributed by atoms with Crippen molar-refractivity contribution in [3.05, 3.63) is 23.8 Å². The molecule has 0 amide bonds. The quantitative estimate of drug-likeness (QED) is 0.440. The van der Waals surface area contributed by atoms with Gasteiger partial charge in [-0.05, 0) is 43.1 Å². The molecule has 3 aliphatic rings. The van der Waals surface area contributed by atoms with E-state index in [1.807, 2.05) is 0 Å². The third-order valence-corrected chi connectivity index (χ3v) is 4.91. The summed E-state index contributed by atoms with van der Waals surface area (Å²) >= 11 is 0. The van der Waals surface area contributed by atoms with Crippen molar-refractivity contribution in [3.8, 4) is 11.8 Å². The molecule has 0 aromatic heterocycles. The number of rotatable bonds is 7. The van der Waals surface area contributed by atoms with Crippen molar-refractivity contribution >= 4 is 0 Å². The first-order chi connectivity index (χ1) is 8.92. The molecule has 0 bridgehead atoms. The van der Waals surface area contributed by atoms with Gasteiger partial charge in [-0.25, -0.2) is 0 Å². The third-order valence-electron chi connectivity index (χ3n) is 4.91. The molecule has 18 heavy (non-hydrogen) atoms. The van der Waals surface area contributed by atoms with Gasteiger partial charge in [-0.2, -0.15) is 0 Å². The lowest BCUT2D eigenvalue weighted by Gasteiger charge is -2.16. The Morgan fingerprint density at radius 3 is 2.61 bits per heavy atom. The lowest BCUT2D eigenvalue weighted by atomic mass is 9.89. The topological polar surface area (TPSA) is 0 Å². The number of hydrogen-bond acceptors (Lipinski definition) is 0. The maximum absolute atomic E-state index is 3.25. The number of hydrogen-bond donors (Lipinski definition) is 0. The van der Waals surface area contributed by atoms with Crippen LogP contribution in [0.3, 0.4) is 0 Å². The Bertz CT molecular complexity index is 401. The highest BCUT2D eigenvalue weighted by molar-refractivity contribution is 5.37. The molecule has 0 heterocycles. The fourth-order valence-electron chi connectivity index (χ4n) is 3.54. The van der Waals surface area contributed by atoms with Gasteiger partial charge < -0.3 is 0 Å². The van der Waals surface area contributed by atoms with Crippen LogP contribution in [0, 0.1) is 29.6 Å². The normalized spacial score (nSPS) is 32.2. The van der Waals surface area contributed by atoms with E-state index >= 15 is 0 Å². The van der Waals surface area contributed by atoms with E-state index in [1.165, 1.54) is 57.8 Å². The Balaban J connectivity index is 1.24. The van der Waals surface area contributed by atoms with Crippen molar-refractivity contribution in [1.82, 2.24) is 0 Å². The summed E-state index contributed by atoms with van der Waals surface area (Å²) in [5.41, 5.74) is 1.63. The molecule has 0 saturated heterocycles. The van der Waals surface area contributed by atoms with Crippen LogP contribution in [0.2, 0.25) is 0 Å². The van der Waals surface area contributed by atoms with Crippen LogP contribution in [0.15, 0.2) is 23.8 Å². The first-order valence-corrected chi connectivity index (χ1v) is 7.78. The molecule has 0 N–H and O–H groups in total. The van der Waals surface area contributed by atoms with Crippen molar-refractivity contribution in [3.63, 3.8) is 0 Å². The van der Waals surface area contributed by atoms with Crippen LogP contribution in [0.1, 0.15) is 57.8 Å². The fourth-order valence-corrected chi connectivity index (χ4v) is 3.54. The molecule has 0 aliphatic heterocycles. The molecular formula is C18H24.